The van der Waals surface area contributed by atoms with E-state index in [2.05, 4.69) is 119 Å². The second-order valence-electron chi connectivity index (χ2n) is 24.7. The Labute approximate surface area is 562 Å². The van der Waals surface area contributed by atoms with Crippen LogP contribution < -0.4 is 53.6 Å². The predicted molar refractivity (Wildman–Crippen MR) is 366 cm³/mol. The zero-order chi connectivity index (χ0) is 68.3. The van der Waals surface area contributed by atoms with E-state index >= 15 is 4.79 Å². The molecule has 8 rings (SSSR count). The molecule has 9 amide bonds. The van der Waals surface area contributed by atoms with Crippen LogP contribution in [0.1, 0.15) is 86.6 Å². The molecule has 2 aromatic heterocycles. The third-order valence-electron chi connectivity index (χ3n) is 17.6. The largest absolute Gasteiger partial charge is 0.480 e. The average Bonchev–Trinajstić information content (AvgIpc) is 1.71. The zero-order valence-corrected chi connectivity index (χ0v) is 55.3. The van der Waals surface area contributed by atoms with Crippen molar-refractivity contribution >= 4 is 100 Å². The molecule has 13 atom stereocenters. The standard InChI is InChI=1S/C68H89N13O12S2/c1-4-26-81-35-42(27-47-46-21-15-24-49-57(46)44(34-71-49)31-56(47)81)32-72-68(93)78-52(29-41-18-9-6-10-19-41)62(86)76-54(36-94)64(88)74-51(28-40-16-7-5-8-17-40)61(85)75-53(30-43-33-70-48-22-12-11-20-45(43)48)63(87)73-50(23-13-14-25-69)60(84)79-58(38(2)82)66(90)77-55(37-95)65(89)80-59(39(3)83)67(91)92/h5-12,15-22,24,33-34,38-39,42,47,50-56,58-59,70-71,82-83,94-95H,4,13-14,23,25-32,35-37,69H2,1-3H3,(H,73,87)(H,74,88)(H,75,85)(H,76,86)(H,77,90)(H,79,84)(H,80,89)(H,91,92)(H2,72,78,93)/t38-,39-,42+,47?,50+,51+,52-,53-,54+,55+,56?,58+,59+/m1/s1. The first-order valence-corrected chi connectivity index (χ1v) is 33.6. The number of para-hydroxylation sites is 1. The van der Waals surface area contributed by atoms with Gasteiger partial charge in [-0.25, -0.2) is 9.59 Å². The molecule has 2 aliphatic rings. The number of urea groups is 1. The molecule has 510 valence electrons. The van der Waals surface area contributed by atoms with E-state index in [1.165, 1.54) is 23.4 Å². The maximum absolute atomic E-state index is 15.0. The van der Waals surface area contributed by atoms with Crippen molar-refractivity contribution in [3.8, 4) is 0 Å². The second-order valence-corrected chi connectivity index (χ2v) is 25.4. The van der Waals surface area contributed by atoms with Crippen LogP contribution in [0.5, 0.6) is 0 Å². The third kappa shape index (κ3) is 19.4. The summed E-state index contributed by atoms with van der Waals surface area (Å²) in [6, 6.07) is 19.5. The van der Waals surface area contributed by atoms with E-state index in [0.29, 0.717) is 35.5 Å². The van der Waals surface area contributed by atoms with Crippen LogP contribution in [0.25, 0.3) is 21.8 Å². The first-order valence-electron chi connectivity index (χ1n) is 32.3. The summed E-state index contributed by atoms with van der Waals surface area (Å²) in [5, 5.41) is 56.4. The van der Waals surface area contributed by atoms with Crippen LogP contribution in [-0.4, -0.2) is 188 Å². The maximum Gasteiger partial charge on any atom is 0.328 e. The molecule has 0 radical (unpaired) electrons. The van der Waals surface area contributed by atoms with Crippen molar-refractivity contribution in [1.82, 2.24) is 62.7 Å². The van der Waals surface area contributed by atoms with Gasteiger partial charge in [0.25, 0.3) is 0 Å². The number of fused-ring (bicyclic) bond motifs is 3. The average molecular weight is 1340 g/mol. The van der Waals surface area contributed by atoms with Gasteiger partial charge in [0.2, 0.25) is 41.4 Å². The van der Waals surface area contributed by atoms with E-state index in [0.717, 1.165) is 55.9 Å². The number of benzene rings is 4. The number of carboxylic acids is 1. The van der Waals surface area contributed by atoms with Crippen molar-refractivity contribution in [2.75, 3.05) is 37.7 Å². The minimum Gasteiger partial charge on any atom is -0.480 e. The molecular formula is C68H89N13O12S2. The van der Waals surface area contributed by atoms with Gasteiger partial charge in [-0.1, -0.05) is 97.9 Å². The van der Waals surface area contributed by atoms with Gasteiger partial charge in [-0.15, -0.1) is 0 Å². The molecule has 2 unspecified atom stereocenters. The number of carbonyl (C=O) groups excluding carboxylic acids is 8. The number of aromatic nitrogens is 2. The number of carboxylic acid groups (broad SMARTS) is 1. The summed E-state index contributed by atoms with van der Waals surface area (Å²) in [6.45, 7) is 6.79. The van der Waals surface area contributed by atoms with Crippen LogP contribution in [0.4, 0.5) is 4.79 Å². The lowest BCUT2D eigenvalue weighted by molar-refractivity contribution is -0.145. The number of aliphatic hydroxyl groups excluding tert-OH is 2. The van der Waals surface area contributed by atoms with Gasteiger partial charge in [-0.2, -0.15) is 25.3 Å². The summed E-state index contributed by atoms with van der Waals surface area (Å²) in [7, 11) is 0. The summed E-state index contributed by atoms with van der Waals surface area (Å²) < 4.78 is 0. The molecule has 25 nitrogen and oxygen atoms in total. The number of thiol groups is 2. The normalized spacial score (nSPS) is 18.3. The van der Waals surface area contributed by atoms with Crippen molar-refractivity contribution in [1.29, 1.82) is 0 Å². The number of nitrogens with one attached hydrogen (secondary N) is 11. The quantitative estimate of drug-likeness (QED) is 0.0203. The van der Waals surface area contributed by atoms with E-state index < -0.39 is 114 Å². The predicted octanol–water partition coefficient (Wildman–Crippen LogP) is 2.01. The van der Waals surface area contributed by atoms with Crippen LogP contribution in [-0.2, 0) is 64.0 Å². The highest BCUT2D eigenvalue weighted by Gasteiger charge is 2.42. The molecule has 27 heteroatoms. The van der Waals surface area contributed by atoms with E-state index in [4.69, 9.17) is 5.73 Å². The molecule has 0 bridgehead atoms. The van der Waals surface area contributed by atoms with Crippen molar-refractivity contribution in [2.45, 2.75) is 151 Å². The monoisotopic (exact) mass is 1340 g/mol. The number of likely N-dealkylation sites (tertiary alicyclic amines) is 1. The summed E-state index contributed by atoms with van der Waals surface area (Å²) in [5.74, 6) is -7.99. The Morgan fingerprint density at radius 3 is 1.71 bits per heavy atom. The van der Waals surface area contributed by atoms with Crippen LogP contribution in [0.15, 0.2) is 116 Å². The number of hydrogen-bond donors (Lipinski definition) is 17. The number of amides is 9. The Hall–Kier alpha value is -8.47. The number of piperidine rings is 1. The first kappa shape index (κ1) is 72.4. The van der Waals surface area contributed by atoms with Crippen LogP contribution in [0, 0.1) is 5.92 Å². The molecule has 0 saturated carbocycles. The summed E-state index contributed by atoms with van der Waals surface area (Å²) >= 11 is 8.61. The SMILES string of the molecule is CCCN1C[C@H](CNC(=O)N[C@H](Cc2ccccc2)C(=O)N[C@@H](CS)C(=O)N[C@@H](Cc2ccccc2)C(=O)N[C@H](Cc2c[nH]c3ccccc23)C(=O)N[C@@H](CCCCN)C(=O)N[C@H](C(=O)N[C@@H](CS)C(=O)N[C@H](C(=O)O)[C@@H](C)O)[C@@H](C)O)CC2c3cccc4[nH]cc(c34)CC21. The molecule has 1 aliphatic carbocycles. The topological polar surface area (TPSA) is 383 Å². The molecule has 16 N–H and O–H groups in total. The minimum absolute atomic E-state index is 0.0446. The number of aliphatic carboxylic acids is 1. The van der Waals surface area contributed by atoms with Gasteiger partial charge in [0, 0.05) is 90.0 Å². The Bertz CT molecular complexity index is 3610. The zero-order valence-electron chi connectivity index (χ0n) is 53.5. The van der Waals surface area contributed by atoms with Gasteiger partial charge in [0.05, 0.1) is 12.2 Å². The van der Waals surface area contributed by atoms with E-state index in [1.54, 1.807) is 42.6 Å². The summed E-state index contributed by atoms with van der Waals surface area (Å²) in [6.07, 6.45) is 3.92. The fourth-order valence-corrected chi connectivity index (χ4v) is 13.2. The molecule has 3 heterocycles. The Kier molecular flexibility index (Phi) is 26.5. The Morgan fingerprint density at radius 2 is 1.11 bits per heavy atom. The fraction of sp³-hybridized carbons (Fsp3) is 0.456. The number of nitrogens with zero attached hydrogens (tertiary/aromatic N) is 1. The van der Waals surface area contributed by atoms with Crippen molar-refractivity contribution in [3.05, 3.63) is 143 Å². The molecular weight excluding hydrogens is 1250 g/mol. The molecule has 1 saturated heterocycles. The minimum atomic E-state index is -1.75. The fourth-order valence-electron chi connectivity index (χ4n) is 12.7. The molecule has 1 aliphatic heterocycles. The van der Waals surface area contributed by atoms with Gasteiger partial charge in [0.15, 0.2) is 6.04 Å². The number of aliphatic hydroxyl groups is 2. The Balaban J connectivity index is 0.983. The van der Waals surface area contributed by atoms with Crippen molar-refractivity contribution in [3.63, 3.8) is 0 Å². The number of nitrogens with two attached hydrogens (primary N) is 1. The van der Waals surface area contributed by atoms with Gasteiger partial charge in [0.1, 0.15) is 42.3 Å². The molecule has 6 aromatic rings. The molecule has 4 aromatic carbocycles. The Morgan fingerprint density at radius 1 is 0.589 bits per heavy atom. The lowest BCUT2D eigenvalue weighted by Gasteiger charge is -2.47. The molecule has 95 heavy (non-hydrogen) atoms. The number of H-pyrrole nitrogens is 2. The highest BCUT2D eigenvalue weighted by atomic mass is 32.1. The number of unbranched alkanes of at least 4 members (excludes halogenated alkanes) is 1. The lowest BCUT2D eigenvalue weighted by atomic mass is 9.72. The summed E-state index contributed by atoms with van der Waals surface area (Å²) in [5.41, 5.74) is 12.3. The highest BCUT2D eigenvalue weighted by Crippen LogP contribution is 2.44. The molecule has 0 spiro atoms. The van der Waals surface area contributed by atoms with Crippen LogP contribution >= 0.6 is 25.3 Å². The van der Waals surface area contributed by atoms with E-state index in [1.807, 2.05) is 48.5 Å². The van der Waals surface area contributed by atoms with Crippen molar-refractivity contribution in [2.24, 2.45) is 11.7 Å². The molecule has 1 fully saturated rings. The number of hydrogen-bond acceptors (Lipinski definition) is 15. The van der Waals surface area contributed by atoms with Crippen LogP contribution in [0.2, 0.25) is 0 Å². The van der Waals surface area contributed by atoms with Crippen LogP contribution in [0.3, 0.4) is 0 Å². The maximum atomic E-state index is 15.0. The smallest absolute Gasteiger partial charge is 0.328 e. The number of rotatable bonds is 34. The summed E-state index contributed by atoms with van der Waals surface area (Å²) in [4.78, 5) is 135. The first-order chi connectivity index (χ1) is 45.7. The highest BCUT2D eigenvalue weighted by molar-refractivity contribution is 7.80. The van der Waals surface area contributed by atoms with Gasteiger partial charge < -0.3 is 78.9 Å². The third-order valence-corrected chi connectivity index (χ3v) is 18.3. The van der Waals surface area contributed by atoms with Gasteiger partial charge in [-0.05, 0) is 111 Å². The van der Waals surface area contributed by atoms with Gasteiger partial charge >= 0.3 is 12.0 Å². The number of aromatic amines is 2. The van der Waals surface area contributed by atoms with E-state index in [-0.39, 0.29) is 62.0 Å². The number of carbonyl (C=O) groups is 9. The van der Waals surface area contributed by atoms with Crippen molar-refractivity contribution < 1.29 is 58.5 Å². The van der Waals surface area contributed by atoms with Gasteiger partial charge in [-0.3, -0.25) is 38.5 Å². The van der Waals surface area contributed by atoms with E-state index in [9.17, 15) is 53.7 Å². The lowest BCUT2D eigenvalue weighted by Crippen LogP contribution is -2.62. The second kappa shape index (κ2) is 34.8.